The summed E-state index contributed by atoms with van der Waals surface area (Å²) in [5.74, 6) is -0.530. The molecule has 132 valence electrons. The standard InChI is InChI=1S/C19H18ClFO4/c1-24-16-8-2-13(3-9-16)12-18(22)25-17(10-11-20)19(23)14-4-6-15(21)7-5-14/h2-9,17H,10-12H2,1H3. The maximum Gasteiger partial charge on any atom is 0.310 e. The average molecular weight is 365 g/mol. The minimum Gasteiger partial charge on any atom is -0.497 e. The summed E-state index contributed by atoms with van der Waals surface area (Å²) in [6.07, 6.45) is -0.778. The van der Waals surface area contributed by atoms with Crippen LogP contribution in [-0.2, 0) is 16.0 Å². The normalized spacial score (nSPS) is 11.6. The lowest BCUT2D eigenvalue weighted by Gasteiger charge is -2.16. The van der Waals surface area contributed by atoms with Gasteiger partial charge in [0.15, 0.2) is 6.10 Å². The van der Waals surface area contributed by atoms with E-state index in [2.05, 4.69) is 0 Å². The monoisotopic (exact) mass is 364 g/mol. The van der Waals surface area contributed by atoms with Crippen LogP contribution in [-0.4, -0.2) is 30.8 Å². The fourth-order valence-corrected chi connectivity index (χ4v) is 2.45. The van der Waals surface area contributed by atoms with Crippen molar-refractivity contribution < 1.29 is 23.5 Å². The molecule has 0 spiro atoms. The van der Waals surface area contributed by atoms with Gasteiger partial charge in [0.25, 0.3) is 0 Å². The Labute approximate surface area is 150 Å². The van der Waals surface area contributed by atoms with Gasteiger partial charge in [0.05, 0.1) is 13.5 Å². The number of esters is 1. The van der Waals surface area contributed by atoms with Gasteiger partial charge in [0.2, 0.25) is 5.78 Å². The third-order valence-corrected chi connectivity index (χ3v) is 3.79. The third kappa shape index (κ3) is 5.57. The van der Waals surface area contributed by atoms with Crippen molar-refractivity contribution in [3.8, 4) is 5.75 Å². The van der Waals surface area contributed by atoms with Crippen LogP contribution in [0.15, 0.2) is 48.5 Å². The molecule has 1 atom stereocenters. The van der Waals surface area contributed by atoms with E-state index in [-0.39, 0.29) is 24.3 Å². The van der Waals surface area contributed by atoms with E-state index >= 15 is 0 Å². The minimum absolute atomic E-state index is 0.0273. The lowest BCUT2D eigenvalue weighted by Crippen LogP contribution is -2.28. The van der Waals surface area contributed by atoms with E-state index in [1.54, 1.807) is 31.4 Å². The van der Waals surface area contributed by atoms with Gasteiger partial charge in [-0.1, -0.05) is 12.1 Å². The number of hydrogen-bond donors (Lipinski definition) is 0. The van der Waals surface area contributed by atoms with E-state index in [1.165, 1.54) is 24.3 Å². The first kappa shape index (κ1) is 18.9. The van der Waals surface area contributed by atoms with E-state index in [0.29, 0.717) is 5.75 Å². The van der Waals surface area contributed by atoms with Crippen molar-refractivity contribution in [1.82, 2.24) is 0 Å². The number of rotatable bonds is 8. The van der Waals surface area contributed by atoms with Crippen LogP contribution in [0.4, 0.5) is 4.39 Å². The van der Waals surface area contributed by atoms with E-state index in [1.807, 2.05) is 0 Å². The number of carbonyl (C=O) groups excluding carboxylic acids is 2. The number of methoxy groups -OCH3 is 1. The molecular weight excluding hydrogens is 347 g/mol. The zero-order valence-corrected chi connectivity index (χ0v) is 14.5. The zero-order valence-electron chi connectivity index (χ0n) is 13.7. The first-order chi connectivity index (χ1) is 12.0. The van der Waals surface area contributed by atoms with Crippen molar-refractivity contribution in [3.05, 3.63) is 65.5 Å². The molecule has 6 heteroatoms. The molecule has 2 aromatic carbocycles. The summed E-state index contributed by atoms with van der Waals surface area (Å²) < 4.78 is 23.3. The maximum absolute atomic E-state index is 13.0. The van der Waals surface area contributed by atoms with Gasteiger partial charge in [-0.2, -0.15) is 0 Å². The van der Waals surface area contributed by atoms with Crippen LogP contribution >= 0.6 is 11.6 Å². The zero-order chi connectivity index (χ0) is 18.2. The summed E-state index contributed by atoms with van der Waals surface area (Å²) >= 11 is 5.71. The van der Waals surface area contributed by atoms with E-state index in [0.717, 1.165) is 5.56 Å². The number of ether oxygens (including phenoxy) is 2. The second kappa shape index (κ2) is 9.18. The summed E-state index contributed by atoms with van der Waals surface area (Å²) in [6, 6.07) is 12.1. The van der Waals surface area contributed by atoms with E-state index in [4.69, 9.17) is 21.1 Å². The van der Waals surface area contributed by atoms with Crippen molar-refractivity contribution in [1.29, 1.82) is 0 Å². The Kier molecular flexibility index (Phi) is 6.95. The van der Waals surface area contributed by atoms with Gasteiger partial charge >= 0.3 is 5.97 Å². The van der Waals surface area contributed by atoms with Gasteiger partial charge in [0, 0.05) is 17.9 Å². The third-order valence-electron chi connectivity index (χ3n) is 3.57. The topological polar surface area (TPSA) is 52.6 Å². The van der Waals surface area contributed by atoms with Crippen LogP contribution in [0.25, 0.3) is 0 Å². The molecule has 4 nitrogen and oxygen atoms in total. The molecule has 0 saturated carbocycles. The number of alkyl halides is 1. The van der Waals surface area contributed by atoms with E-state index in [9.17, 15) is 14.0 Å². The Balaban J connectivity index is 2.02. The number of carbonyl (C=O) groups is 2. The molecule has 0 bridgehead atoms. The Morgan fingerprint density at radius 1 is 1.08 bits per heavy atom. The fourth-order valence-electron chi connectivity index (χ4n) is 2.25. The minimum atomic E-state index is -0.992. The molecule has 0 saturated heterocycles. The van der Waals surface area contributed by atoms with Crippen molar-refractivity contribution >= 4 is 23.4 Å². The number of Topliss-reactive ketones (excluding diaryl/α,β-unsaturated/α-hetero) is 1. The van der Waals surface area contributed by atoms with Crippen LogP contribution in [0.1, 0.15) is 22.3 Å². The molecule has 0 fully saturated rings. The van der Waals surface area contributed by atoms with Gasteiger partial charge in [-0.25, -0.2) is 4.39 Å². The van der Waals surface area contributed by atoms with Crippen LogP contribution in [0, 0.1) is 5.82 Å². The second-order valence-electron chi connectivity index (χ2n) is 5.35. The molecular formula is C19H18ClFO4. The van der Waals surface area contributed by atoms with Crippen LogP contribution in [0.3, 0.4) is 0 Å². The molecule has 0 N–H and O–H groups in total. The van der Waals surface area contributed by atoms with Crippen LogP contribution < -0.4 is 4.74 Å². The van der Waals surface area contributed by atoms with Crippen LogP contribution in [0.5, 0.6) is 5.75 Å². The van der Waals surface area contributed by atoms with Gasteiger partial charge in [-0.3, -0.25) is 9.59 Å². The van der Waals surface area contributed by atoms with Crippen molar-refractivity contribution in [2.75, 3.05) is 13.0 Å². The quantitative estimate of drug-likeness (QED) is 0.406. The molecule has 0 radical (unpaired) electrons. The largest absolute Gasteiger partial charge is 0.497 e. The van der Waals surface area contributed by atoms with Gasteiger partial charge < -0.3 is 9.47 Å². The van der Waals surface area contributed by atoms with Crippen molar-refractivity contribution in [2.24, 2.45) is 0 Å². The molecule has 0 heterocycles. The number of ketones is 1. The lowest BCUT2D eigenvalue weighted by atomic mass is 10.0. The summed E-state index contributed by atoms with van der Waals surface area (Å²) in [5, 5.41) is 0. The van der Waals surface area contributed by atoms with Gasteiger partial charge in [0.1, 0.15) is 11.6 Å². The molecule has 2 aromatic rings. The number of benzene rings is 2. The molecule has 25 heavy (non-hydrogen) atoms. The summed E-state index contributed by atoms with van der Waals surface area (Å²) in [5.41, 5.74) is 1.01. The highest BCUT2D eigenvalue weighted by Gasteiger charge is 2.24. The second-order valence-corrected chi connectivity index (χ2v) is 5.73. The first-order valence-electron chi connectivity index (χ1n) is 7.71. The van der Waals surface area contributed by atoms with Gasteiger partial charge in [-0.05, 0) is 42.0 Å². The fraction of sp³-hybridized carbons (Fsp3) is 0.263. The average Bonchev–Trinajstić information content (AvgIpc) is 2.62. The number of hydrogen-bond acceptors (Lipinski definition) is 4. The predicted molar refractivity (Wildman–Crippen MR) is 92.6 cm³/mol. The SMILES string of the molecule is COc1ccc(CC(=O)OC(CCCl)C(=O)c2ccc(F)cc2)cc1. The van der Waals surface area contributed by atoms with Crippen LogP contribution in [0.2, 0.25) is 0 Å². The molecule has 0 aliphatic rings. The predicted octanol–water partition coefficient (Wildman–Crippen LogP) is 3.80. The molecule has 1 unspecified atom stereocenters. The molecule has 0 aromatic heterocycles. The Morgan fingerprint density at radius 3 is 2.28 bits per heavy atom. The highest BCUT2D eigenvalue weighted by Crippen LogP contribution is 2.15. The Bertz CT molecular complexity index is 713. The highest BCUT2D eigenvalue weighted by molar-refractivity contribution is 6.18. The summed E-state index contributed by atoms with van der Waals surface area (Å²) in [4.78, 5) is 24.6. The Morgan fingerprint density at radius 2 is 1.72 bits per heavy atom. The first-order valence-corrected chi connectivity index (χ1v) is 8.25. The van der Waals surface area contributed by atoms with Gasteiger partial charge in [-0.15, -0.1) is 11.6 Å². The Hall–Kier alpha value is -2.40. The maximum atomic E-state index is 13.0. The lowest BCUT2D eigenvalue weighted by molar-refractivity contribution is -0.146. The van der Waals surface area contributed by atoms with Crippen molar-refractivity contribution in [3.63, 3.8) is 0 Å². The number of halogens is 2. The molecule has 0 amide bonds. The van der Waals surface area contributed by atoms with E-state index < -0.39 is 23.7 Å². The summed E-state index contributed by atoms with van der Waals surface area (Å²) in [6.45, 7) is 0. The van der Waals surface area contributed by atoms with Crippen molar-refractivity contribution in [2.45, 2.75) is 18.9 Å². The summed E-state index contributed by atoms with van der Waals surface area (Å²) in [7, 11) is 1.56. The molecule has 2 rings (SSSR count). The molecule has 0 aliphatic heterocycles. The highest BCUT2D eigenvalue weighted by atomic mass is 35.5. The molecule has 0 aliphatic carbocycles. The smallest absolute Gasteiger partial charge is 0.310 e.